The van der Waals surface area contributed by atoms with E-state index in [-0.39, 0.29) is 6.10 Å². The standard InChI is InChI=1S/C15H31NO2/c1-5-9-18-15-13(16-6-2)11-14(15)17-10-7-8-12(3)4/h12-16H,5-11H2,1-4H3. The van der Waals surface area contributed by atoms with Crippen molar-refractivity contribution in [1.29, 1.82) is 0 Å². The highest BCUT2D eigenvalue weighted by Crippen LogP contribution is 2.28. The zero-order valence-electron chi connectivity index (χ0n) is 12.6. The topological polar surface area (TPSA) is 30.5 Å². The van der Waals surface area contributed by atoms with Crippen molar-refractivity contribution in [3.05, 3.63) is 0 Å². The Labute approximate surface area is 113 Å². The summed E-state index contributed by atoms with van der Waals surface area (Å²) in [6.45, 7) is 11.6. The third-order valence-electron chi connectivity index (χ3n) is 3.49. The number of hydrogen-bond acceptors (Lipinski definition) is 3. The van der Waals surface area contributed by atoms with Gasteiger partial charge in [0.05, 0.1) is 12.2 Å². The molecule has 1 aliphatic carbocycles. The Morgan fingerprint density at radius 3 is 2.56 bits per heavy atom. The molecule has 18 heavy (non-hydrogen) atoms. The van der Waals surface area contributed by atoms with Gasteiger partial charge in [-0.2, -0.15) is 0 Å². The minimum Gasteiger partial charge on any atom is -0.375 e. The second kappa shape index (κ2) is 8.89. The van der Waals surface area contributed by atoms with Gasteiger partial charge in [-0.15, -0.1) is 0 Å². The molecule has 0 saturated heterocycles. The number of likely N-dealkylation sites (N-methyl/N-ethyl adjacent to an activating group) is 1. The first kappa shape index (κ1) is 15.9. The maximum atomic E-state index is 5.95. The minimum absolute atomic E-state index is 0.268. The molecular formula is C15H31NO2. The molecule has 0 aromatic heterocycles. The fourth-order valence-corrected chi connectivity index (χ4v) is 2.41. The highest BCUT2D eigenvalue weighted by molar-refractivity contribution is 4.97. The van der Waals surface area contributed by atoms with E-state index in [1.807, 2.05) is 0 Å². The molecule has 0 aliphatic heterocycles. The van der Waals surface area contributed by atoms with Crippen LogP contribution >= 0.6 is 0 Å². The van der Waals surface area contributed by atoms with Gasteiger partial charge in [0.2, 0.25) is 0 Å². The largest absolute Gasteiger partial charge is 0.375 e. The van der Waals surface area contributed by atoms with E-state index in [1.54, 1.807) is 0 Å². The second-order valence-corrected chi connectivity index (χ2v) is 5.68. The predicted octanol–water partition coefficient (Wildman–Crippen LogP) is 2.98. The Morgan fingerprint density at radius 1 is 1.17 bits per heavy atom. The molecule has 0 heterocycles. The Morgan fingerprint density at radius 2 is 1.94 bits per heavy atom. The maximum Gasteiger partial charge on any atom is 0.0990 e. The van der Waals surface area contributed by atoms with Gasteiger partial charge in [-0.3, -0.25) is 0 Å². The van der Waals surface area contributed by atoms with Crippen molar-refractivity contribution in [1.82, 2.24) is 5.32 Å². The molecule has 0 bridgehead atoms. The number of hydrogen-bond donors (Lipinski definition) is 1. The lowest BCUT2D eigenvalue weighted by Crippen LogP contribution is -2.60. The first-order chi connectivity index (χ1) is 8.69. The number of ether oxygens (including phenoxy) is 2. The van der Waals surface area contributed by atoms with Crippen LogP contribution in [0.4, 0.5) is 0 Å². The van der Waals surface area contributed by atoms with Crippen LogP contribution in [0.2, 0.25) is 0 Å². The van der Waals surface area contributed by atoms with Crippen molar-refractivity contribution in [2.24, 2.45) is 5.92 Å². The van der Waals surface area contributed by atoms with Crippen LogP contribution in [0.15, 0.2) is 0 Å². The van der Waals surface area contributed by atoms with Gasteiger partial charge in [0.15, 0.2) is 0 Å². The summed E-state index contributed by atoms with van der Waals surface area (Å²) in [4.78, 5) is 0. The van der Waals surface area contributed by atoms with E-state index in [4.69, 9.17) is 9.47 Å². The summed E-state index contributed by atoms with van der Waals surface area (Å²) in [5, 5.41) is 3.47. The predicted molar refractivity (Wildman–Crippen MR) is 75.9 cm³/mol. The molecule has 108 valence electrons. The molecule has 0 radical (unpaired) electrons. The minimum atomic E-state index is 0.268. The average molecular weight is 257 g/mol. The molecule has 1 fully saturated rings. The molecule has 3 nitrogen and oxygen atoms in total. The Bertz CT molecular complexity index is 209. The Kier molecular flexibility index (Phi) is 7.87. The van der Waals surface area contributed by atoms with Crippen LogP contribution in [-0.2, 0) is 9.47 Å². The summed E-state index contributed by atoms with van der Waals surface area (Å²) in [5.41, 5.74) is 0. The normalized spacial score (nSPS) is 27.5. The maximum absolute atomic E-state index is 5.95. The SMILES string of the molecule is CCCOC1C(NCC)CC1OCCCC(C)C. The molecular weight excluding hydrogens is 226 g/mol. The average Bonchev–Trinajstić information content (AvgIpc) is 2.31. The third kappa shape index (κ3) is 5.25. The van der Waals surface area contributed by atoms with Crippen LogP contribution in [0.1, 0.15) is 53.4 Å². The molecule has 3 atom stereocenters. The van der Waals surface area contributed by atoms with Gasteiger partial charge in [0.1, 0.15) is 0 Å². The van der Waals surface area contributed by atoms with E-state index >= 15 is 0 Å². The quantitative estimate of drug-likeness (QED) is 0.610. The van der Waals surface area contributed by atoms with Crippen molar-refractivity contribution in [3.63, 3.8) is 0 Å². The number of nitrogens with one attached hydrogen (secondary N) is 1. The van der Waals surface area contributed by atoms with Gasteiger partial charge < -0.3 is 14.8 Å². The zero-order chi connectivity index (χ0) is 13.4. The first-order valence-corrected chi connectivity index (χ1v) is 7.65. The molecule has 0 spiro atoms. The van der Waals surface area contributed by atoms with Crippen molar-refractivity contribution in [3.8, 4) is 0 Å². The fraction of sp³-hybridized carbons (Fsp3) is 1.00. The van der Waals surface area contributed by atoms with Gasteiger partial charge >= 0.3 is 0 Å². The lowest BCUT2D eigenvalue weighted by molar-refractivity contribution is -0.147. The molecule has 3 heteroatoms. The molecule has 0 aromatic rings. The highest BCUT2D eigenvalue weighted by Gasteiger charge is 2.42. The van der Waals surface area contributed by atoms with Crippen LogP contribution in [0, 0.1) is 5.92 Å². The van der Waals surface area contributed by atoms with Crippen LogP contribution < -0.4 is 5.32 Å². The van der Waals surface area contributed by atoms with Gasteiger partial charge in [-0.05, 0) is 38.1 Å². The van der Waals surface area contributed by atoms with Gasteiger partial charge in [-0.25, -0.2) is 0 Å². The van der Waals surface area contributed by atoms with Gasteiger partial charge in [0.25, 0.3) is 0 Å². The van der Waals surface area contributed by atoms with Crippen LogP contribution in [0.5, 0.6) is 0 Å². The van der Waals surface area contributed by atoms with E-state index < -0.39 is 0 Å². The summed E-state index contributed by atoms with van der Waals surface area (Å²) in [7, 11) is 0. The van der Waals surface area contributed by atoms with Crippen LogP contribution in [0.3, 0.4) is 0 Å². The number of rotatable bonds is 10. The molecule has 1 N–H and O–H groups in total. The third-order valence-corrected chi connectivity index (χ3v) is 3.49. The van der Waals surface area contributed by atoms with E-state index in [2.05, 4.69) is 33.0 Å². The molecule has 1 aliphatic rings. The van der Waals surface area contributed by atoms with E-state index in [9.17, 15) is 0 Å². The molecule has 3 unspecified atom stereocenters. The summed E-state index contributed by atoms with van der Waals surface area (Å²) in [6.07, 6.45) is 5.18. The smallest absolute Gasteiger partial charge is 0.0990 e. The van der Waals surface area contributed by atoms with E-state index in [1.165, 1.54) is 12.8 Å². The van der Waals surface area contributed by atoms with Crippen LogP contribution in [-0.4, -0.2) is 38.0 Å². The fourth-order valence-electron chi connectivity index (χ4n) is 2.41. The van der Waals surface area contributed by atoms with Crippen molar-refractivity contribution in [2.75, 3.05) is 19.8 Å². The summed E-state index contributed by atoms with van der Waals surface area (Å²) in [5.74, 6) is 0.775. The molecule has 1 rings (SSSR count). The van der Waals surface area contributed by atoms with E-state index in [0.29, 0.717) is 12.1 Å². The van der Waals surface area contributed by atoms with Gasteiger partial charge in [-0.1, -0.05) is 27.7 Å². The first-order valence-electron chi connectivity index (χ1n) is 7.65. The van der Waals surface area contributed by atoms with Crippen molar-refractivity contribution in [2.45, 2.75) is 71.6 Å². The van der Waals surface area contributed by atoms with E-state index in [0.717, 1.165) is 38.5 Å². The van der Waals surface area contributed by atoms with Crippen molar-refractivity contribution >= 4 is 0 Å². The lowest BCUT2D eigenvalue weighted by atomic mass is 9.85. The molecule has 1 saturated carbocycles. The second-order valence-electron chi connectivity index (χ2n) is 5.68. The lowest BCUT2D eigenvalue weighted by Gasteiger charge is -2.44. The summed E-state index contributed by atoms with van der Waals surface area (Å²) in [6, 6.07) is 0.497. The molecule has 0 amide bonds. The monoisotopic (exact) mass is 257 g/mol. The van der Waals surface area contributed by atoms with Gasteiger partial charge in [0, 0.05) is 19.3 Å². The Balaban J connectivity index is 2.19. The Hall–Kier alpha value is -0.120. The highest BCUT2D eigenvalue weighted by atomic mass is 16.5. The summed E-state index contributed by atoms with van der Waals surface area (Å²) >= 11 is 0. The van der Waals surface area contributed by atoms with Crippen molar-refractivity contribution < 1.29 is 9.47 Å². The van der Waals surface area contributed by atoms with Crippen LogP contribution in [0.25, 0.3) is 0 Å². The molecule has 0 aromatic carbocycles. The zero-order valence-corrected chi connectivity index (χ0v) is 12.6. The summed E-state index contributed by atoms with van der Waals surface area (Å²) < 4.78 is 11.8.